The van der Waals surface area contributed by atoms with Crippen LogP contribution in [0.25, 0.3) is 0 Å². The van der Waals surface area contributed by atoms with Gasteiger partial charge in [0.15, 0.2) is 0 Å². The molecule has 0 aliphatic heterocycles. The first kappa shape index (κ1) is 242. The summed E-state index contributed by atoms with van der Waals surface area (Å²) < 4.78 is 0. The van der Waals surface area contributed by atoms with Crippen LogP contribution in [0.1, 0.15) is 0 Å². The fraction of sp³-hybridized carbons (Fsp3) is 0. The molecule has 0 saturated carbocycles. The minimum absolute atomic E-state index is 0. The van der Waals surface area contributed by atoms with E-state index in [9.17, 15) is 0 Å². The average molecular weight is 397 g/mol. The molecule has 9 heavy (non-hydrogen) atoms. The van der Waals surface area contributed by atoms with E-state index in [2.05, 4.69) is 0 Å². The Morgan fingerprint density at radius 3 is 0.333 bits per heavy atom. The van der Waals surface area contributed by atoms with Crippen molar-refractivity contribution in [3.8, 4) is 0 Å². The topological polar surface area (TPSA) is 142 Å². The fourth-order valence-corrected chi connectivity index (χ4v) is 0. The first-order valence-electron chi connectivity index (χ1n) is 0. The van der Waals surface area contributed by atoms with E-state index in [-0.39, 0.29) is 103 Å². The van der Waals surface area contributed by atoms with Crippen LogP contribution in [-0.2, 0) is 103 Å². The van der Waals surface area contributed by atoms with Crippen molar-refractivity contribution in [3.05, 3.63) is 0 Å². The van der Waals surface area contributed by atoms with Crippen LogP contribution in [0.5, 0.6) is 0 Å². The molecule has 9 heteroatoms. The Morgan fingerprint density at radius 1 is 0.333 bits per heavy atom. The molecular weight excluding hydrogens is 397 g/mol. The molecule has 0 bridgehead atoms. The number of rotatable bonds is 0. The van der Waals surface area contributed by atoms with Crippen molar-refractivity contribution in [1.82, 2.24) is 0 Å². The molecule has 0 aromatic rings. The molecule has 0 aromatic heterocycles. The molecule has 0 fully saturated rings. The Labute approximate surface area is 102 Å². The molecule has 0 N–H and O–H groups in total. The van der Waals surface area contributed by atoms with Gasteiger partial charge in [0.2, 0.25) is 0 Å². The predicted octanol–water partition coefficient (Wildman–Crippen LogP) is -0.604. The Balaban J connectivity index is 0. The second kappa shape index (κ2) is 179. The van der Waals surface area contributed by atoms with E-state index in [4.69, 9.17) is 0 Å². The number of hydrogen-bond donors (Lipinski definition) is 0. The summed E-state index contributed by atoms with van der Waals surface area (Å²) in [4.78, 5) is 0. The van der Waals surface area contributed by atoms with E-state index < -0.39 is 0 Å². The molecule has 0 atom stereocenters. The third-order valence-electron chi connectivity index (χ3n) is 0. The van der Waals surface area contributed by atoms with Crippen LogP contribution in [0, 0.1) is 0 Å². The van der Waals surface area contributed by atoms with Crippen LogP contribution < -0.4 is 0 Å². The van der Waals surface area contributed by atoms with Crippen molar-refractivity contribution in [3.63, 3.8) is 0 Å². The van der Waals surface area contributed by atoms with Gasteiger partial charge in [0.25, 0.3) is 0 Å². The van der Waals surface area contributed by atoms with Gasteiger partial charge in [-0.25, -0.2) is 0 Å². The van der Waals surface area contributed by atoms with Crippen molar-refractivity contribution in [2.45, 2.75) is 0 Å². The van der Waals surface area contributed by atoms with Gasteiger partial charge in [-0.15, -0.1) is 0 Å². The van der Waals surface area contributed by atoms with Gasteiger partial charge in [-0.1, -0.05) is 0 Å². The van der Waals surface area contributed by atoms with E-state index in [1.54, 1.807) is 0 Å². The minimum Gasteiger partial charge on any atom is -2.00 e. The first-order chi connectivity index (χ1) is 0. The van der Waals surface area contributed by atoms with E-state index in [0.29, 0.717) is 0 Å². The van der Waals surface area contributed by atoms with Crippen LogP contribution >= 0.6 is 0 Å². The SMILES string of the molecule is [Cr+3].[Cr+3].[O-2].[O-2].[O-2].[O-2].[O-2].[Pd+2].[Pd+2]. The quantitative estimate of drug-likeness (QED) is 0.482. The molecule has 0 aromatic carbocycles. The van der Waals surface area contributed by atoms with Crippen molar-refractivity contribution in [1.29, 1.82) is 0 Å². The van der Waals surface area contributed by atoms with Gasteiger partial charge in [0.1, 0.15) is 0 Å². The summed E-state index contributed by atoms with van der Waals surface area (Å²) in [6.07, 6.45) is 0. The third-order valence-corrected chi connectivity index (χ3v) is 0. The van der Waals surface area contributed by atoms with Crippen molar-refractivity contribution in [2.24, 2.45) is 0 Å². The maximum atomic E-state index is 0. The normalized spacial score (nSPS) is 0. The average Bonchev–Trinajstić information content (AvgIpc) is 0. The first-order valence-corrected chi connectivity index (χ1v) is 0. The fourth-order valence-electron chi connectivity index (χ4n) is 0. The van der Waals surface area contributed by atoms with E-state index in [1.807, 2.05) is 0 Å². The zero-order valence-electron chi connectivity index (χ0n) is 3.49. The molecule has 0 spiro atoms. The number of hydrogen-bond acceptors (Lipinski definition) is 0. The zero-order chi connectivity index (χ0) is 0. The maximum Gasteiger partial charge on any atom is 3.00 e. The van der Waals surface area contributed by atoms with Crippen LogP contribution in [0.15, 0.2) is 0 Å². The molecule has 62 valence electrons. The monoisotopic (exact) mass is 396 g/mol. The van der Waals surface area contributed by atoms with Crippen molar-refractivity contribution in [2.75, 3.05) is 0 Å². The van der Waals surface area contributed by atoms with Gasteiger partial charge in [-0.05, 0) is 0 Å². The molecule has 0 aliphatic carbocycles. The molecule has 5 nitrogen and oxygen atoms in total. The van der Waals surface area contributed by atoms with Crippen LogP contribution in [0.3, 0.4) is 0 Å². The van der Waals surface area contributed by atoms with Gasteiger partial charge < -0.3 is 27.4 Å². The van der Waals surface area contributed by atoms with Gasteiger partial charge in [0.05, 0.1) is 0 Å². The smallest absolute Gasteiger partial charge is 2.00 e. The maximum absolute atomic E-state index is 0. The molecule has 0 unspecified atom stereocenters. The van der Waals surface area contributed by atoms with E-state index >= 15 is 0 Å². The van der Waals surface area contributed by atoms with Crippen molar-refractivity contribution >= 4 is 0 Å². The van der Waals surface area contributed by atoms with Crippen LogP contribution in [0.4, 0.5) is 0 Å². The van der Waals surface area contributed by atoms with Crippen LogP contribution in [-0.4, -0.2) is 0 Å². The predicted molar refractivity (Wildman–Crippen MR) is 3.43 cm³/mol. The molecule has 0 rings (SSSR count). The molecule has 0 aliphatic rings. The zero-order valence-corrected chi connectivity index (χ0v) is 9.15. The summed E-state index contributed by atoms with van der Waals surface area (Å²) in [6.45, 7) is 0. The van der Waals surface area contributed by atoms with Crippen LogP contribution in [0.2, 0.25) is 0 Å². The van der Waals surface area contributed by atoms with Gasteiger partial charge >= 0.3 is 75.6 Å². The summed E-state index contributed by atoms with van der Waals surface area (Å²) in [7, 11) is 0. The summed E-state index contributed by atoms with van der Waals surface area (Å²) in [5.41, 5.74) is 0. The summed E-state index contributed by atoms with van der Waals surface area (Å²) in [5.74, 6) is 0. The Hall–Kier alpha value is 2.19. The Morgan fingerprint density at radius 2 is 0.333 bits per heavy atom. The molecule has 2 radical (unpaired) electrons. The Bertz CT molecular complexity index is 12.9. The molecular formula is Cr2O5Pd2. The molecule has 0 saturated heterocycles. The Kier molecular flexibility index (Phi) is 4830. The van der Waals surface area contributed by atoms with Crippen molar-refractivity contribution < 1.29 is 103 Å². The molecule has 0 amide bonds. The van der Waals surface area contributed by atoms with E-state index in [0.717, 1.165) is 0 Å². The molecule has 0 heterocycles. The van der Waals surface area contributed by atoms with Gasteiger partial charge in [-0.3, -0.25) is 0 Å². The third kappa shape index (κ3) is 143. The minimum atomic E-state index is 0. The largest absolute Gasteiger partial charge is 3.00 e. The second-order valence-corrected chi connectivity index (χ2v) is 0. The standard InChI is InChI=1S/2Cr.5O.2Pd/q2*+3;5*-2;2*+2. The summed E-state index contributed by atoms with van der Waals surface area (Å²) in [5, 5.41) is 0. The van der Waals surface area contributed by atoms with Gasteiger partial charge in [0, 0.05) is 0 Å². The second-order valence-electron chi connectivity index (χ2n) is 0. The summed E-state index contributed by atoms with van der Waals surface area (Å²) >= 11 is 0. The summed E-state index contributed by atoms with van der Waals surface area (Å²) in [6, 6.07) is 0. The van der Waals surface area contributed by atoms with E-state index in [1.165, 1.54) is 0 Å². The van der Waals surface area contributed by atoms with Gasteiger partial charge in [-0.2, -0.15) is 0 Å².